The van der Waals surface area contributed by atoms with Crippen molar-refractivity contribution in [1.82, 2.24) is 14.5 Å². The highest BCUT2D eigenvalue weighted by Gasteiger charge is 2.51. The average Bonchev–Trinajstić information content (AvgIpc) is 2.75. The van der Waals surface area contributed by atoms with Crippen LogP contribution in [0.4, 0.5) is 0 Å². The molecule has 2 heterocycles. The van der Waals surface area contributed by atoms with Gasteiger partial charge in [0.05, 0.1) is 24.9 Å². The van der Waals surface area contributed by atoms with Crippen molar-refractivity contribution in [2.45, 2.75) is 38.3 Å². The van der Waals surface area contributed by atoms with Crippen LogP contribution in [0.3, 0.4) is 0 Å². The van der Waals surface area contributed by atoms with Gasteiger partial charge < -0.3 is 14.9 Å². The third-order valence-corrected chi connectivity index (χ3v) is 5.50. The molecule has 2 saturated heterocycles. The molecular weight excluding hydrogens is 322 g/mol. The molecule has 2 rings (SSSR count). The minimum atomic E-state index is -3.40. The summed E-state index contributed by atoms with van der Waals surface area (Å²) in [4.78, 5) is 27.5. The van der Waals surface area contributed by atoms with Crippen molar-refractivity contribution in [1.29, 1.82) is 0 Å². The van der Waals surface area contributed by atoms with E-state index in [2.05, 4.69) is 4.72 Å². The van der Waals surface area contributed by atoms with E-state index in [9.17, 15) is 23.1 Å². The molecule has 0 bridgehead atoms. The van der Waals surface area contributed by atoms with E-state index in [0.717, 1.165) is 6.26 Å². The minimum Gasteiger partial charge on any atom is -0.394 e. The number of hydrogen-bond donors (Lipinski definition) is 2. The Kier molecular flexibility index (Phi) is 5.03. The lowest BCUT2D eigenvalue weighted by Crippen LogP contribution is -2.54. The Hall–Kier alpha value is -1.19. The fourth-order valence-electron chi connectivity index (χ4n) is 3.91. The first-order chi connectivity index (χ1) is 10.6. The summed E-state index contributed by atoms with van der Waals surface area (Å²) in [7, 11) is -3.40. The van der Waals surface area contributed by atoms with Crippen LogP contribution >= 0.6 is 0 Å². The van der Waals surface area contributed by atoms with Crippen molar-refractivity contribution in [3.8, 4) is 0 Å². The Balaban J connectivity index is 2.05. The van der Waals surface area contributed by atoms with E-state index in [4.69, 9.17) is 0 Å². The first-order valence-corrected chi connectivity index (χ1v) is 9.60. The number of likely N-dealkylation sites (tertiary alicyclic amines) is 2. The van der Waals surface area contributed by atoms with Gasteiger partial charge in [0, 0.05) is 26.1 Å². The number of hydrogen-bond acceptors (Lipinski definition) is 5. The summed E-state index contributed by atoms with van der Waals surface area (Å²) in [5.74, 6) is -0.222. The summed E-state index contributed by atoms with van der Waals surface area (Å²) < 4.78 is 24.4. The number of aliphatic hydroxyl groups excluding tert-OH is 1. The number of amides is 2. The molecule has 0 aromatic carbocycles. The van der Waals surface area contributed by atoms with Crippen molar-refractivity contribution in [3.05, 3.63) is 0 Å². The van der Waals surface area contributed by atoms with Crippen LogP contribution in [-0.2, 0) is 19.6 Å². The predicted octanol–water partition coefficient (Wildman–Crippen LogP) is -1.24. The van der Waals surface area contributed by atoms with Gasteiger partial charge in [-0.25, -0.2) is 13.1 Å². The zero-order chi connectivity index (χ0) is 17.4. The van der Waals surface area contributed by atoms with Gasteiger partial charge in [-0.1, -0.05) is 0 Å². The lowest BCUT2D eigenvalue weighted by molar-refractivity contribution is -0.138. The molecule has 0 unspecified atom stereocenters. The summed E-state index contributed by atoms with van der Waals surface area (Å²) in [6.45, 7) is 3.98. The Morgan fingerprint density at radius 1 is 1.39 bits per heavy atom. The normalized spacial score (nSPS) is 31.1. The molecule has 9 heteroatoms. The number of nitrogens with one attached hydrogen (secondary N) is 1. The maximum absolute atomic E-state index is 12.1. The van der Waals surface area contributed by atoms with E-state index >= 15 is 0 Å². The zero-order valence-electron chi connectivity index (χ0n) is 13.8. The van der Waals surface area contributed by atoms with Crippen molar-refractivity contribution in [2.75, 3.05) is 32.5 Å². The molecule has 2 amide bonds. The van der Waals surface area contributed by atoms with Crippen LogP contribution in [0.2, 0.25) is 0 Å². The van der Waals surface area contributed by atoms with E-state index in [-0.39, 0.29) is 36.9 Å². The number of carbonyl (C=O) groups is 2. The van der Waals surface area contributed by atoms with E-state index < -0.39 is 15.6 Å². The highest BCUT2D eigenvalue weighted by Crippen LogP contribution is 2.41. The molecule has 0 aliphatic carbocycles. The molecule has 2 aliphatic heterocycles. The summed E-state index contributed by atoms with van der Waals surface area (Å²) in [6.07, 6.45) is 2.29. The largest absolute Gasteiger partial charge is 0.394 e. The highest BCUT2D eigenvalue weighted by atomic mass is 32.2. The van der Waals surface area contributed by atoms with Crippen molar-refractivity contribution in [3.63, 3.8) is 0 Å². The Bertz CT molecular complexity index is 593. The topological polar surface area (TPSA) is 107 Å². The molecule has 0 aromatic rings. The molecule has 2 fully saturated rings. The Morgan fingerprint density at radius 2 is 2.04 bits per heavy atom. The van der Waals surface area contributed by atoms with Crippen LogP contribution in [0.25, 0.3) is 0 Å². The maximum atomic E-state index is 12.1. The fraction of sp³-hybridized carbons (Fsp3) is 0.857. The molecule has 0 aromatic heterocycles. The molecule has 3 atom stereocenters. The molecule has 2 aliphatic rings. The Labute approximate surface area is 136 Å². The van der Waals surface area contributed by atoms with Crippen LogP contribution in [0.1, 0.15) is 26.7 Å². The van der Waals surface area contributed by atoms with Crippen molar-refractivity contribution >= 4 is 21.8 Å². The molecule has 8 nitrogen and oxygen atoms in total. The van der Waals surface area contributed by atoms with Gasteiger partial charge in [-0.15, -0.1) is 0 Å². The summed E-state index contributed by atoms with van der Waals surface area (Å²) in [5.41, 5.74) is -0.592. The molecule has 2 N–H and O–H groups in total. The van der Waals surface area contributed by atoms with Gasteiger partial charge >= 0.3 is 0 Å². The number of aliphatic hydroxyl groups is 1. The smallest absolute Gasteiger partial charge is 0.237 e. The first kappa shape index (κ1) is 18.2. The second kappa shape index (κ2) is 6.37. The van der Waals surface area contributed by atoms with Crippen LogP contribution in [0, 0.1) is 5.92 Å². The lowest BCUT2D eigenvalue weighted by Gasteiger charge is -2.40. The molecule has 0 spiro atoms. The molecule has 132 valence electrons. The second-order valence-electron chi connectivity index (χ2n) is 6.80. The lowest BCUT2D eigenvalue weighted by atomic mass is 9.89. The van der Waals surface area contributed by atoms with Crippen molar-refractivity contribution in [2.24, 2.45) is 5.92 Å². The second-order valence-corrected chi connectivity index (χ2v) is 8.63. The third-order valence-electron chi connectivity index (χ3n) is 4.83. The van der Waals surface area contributed by atoms with Gasteiger partial charge in [-0.3, -0.25) is 9.59 Å². The van der Waals surface area contributed by atoms with E-state index in [1.165, 1.54) is 6.92 Å². The standard InChI is InChI=1S/C14H25N3O5S/c1-10(19)17-12-4-5-16(13(20)7-15-23(3,21)22)8-11(12)6-14(17,2)9-18/h11-12,15,18H,4-9H2,1-3H3/t11-,12-,14+/m0/s1. The summed E-state index contributed by atoms with van der Waals surface area (Å²) >= 11 is 0. The maximum Gasteiger partial charge on any atom is 0.237 e. The van der Waals surface area contributed by atoms with Crippen molar-refractivity contribution < 1.29 is 23.1 Å². The van der Waals surface area contributed by atoms with Crippen LogP contribution in [0.15, 0.2) is 0 Å². The average molecular weight is 347 g/mol. The van der Waals surface area contributed by atoms with Crippen LogP contribution in [-0.4, -0.2) is 79.2 Å². The molecule has 0 saturated carbocycles. The molecule has 0 radical (unpaired) electrons. The van der Waals surface area contributed by atoms with Gasteiger partial charge in [-0.2, -0.15) is 0 Å². The molecular formula is C14H25N3O5S. The van der Waals surface area contributed by atoms with Gasteiger partial charge in [0.15, 0.2) is 0 Å². The first-order valence-electron chi connectivity index (χ1n) is 7.70. The van der Waals surface area contributed by atoms with Crippen LogP contribution in [0.5, 0.6) is 0 Å². The van der Waals surface area contributed by atoms with Gasteiger partial charge in [0.1, 0.15) is 0 Å². The zero-order valence-corrected chi connectivity index (χ0v) is 14.6. The predicted molar refractivity (Wildman–Crippen MR) is 83.9 cm³/mol. The number of piperidine rings is 1. The third kappa shape index (κ3) is 3.84. The van der Waals surface area contributed by atoms with E-state index in [1.807, 2.05) is 6.92 Å². The van der Waals surface area contributed by atoms with Crippen LogP contribution < -0.4 is 4.72 Å². The Morgan fingerprint density at radius 3 is 2.57 bits per heavy atom. The summed E-state index contributed by atoms with van der Waals surface area (Å²) in [6, 6.07) is 0.0246. The number of fused-ring (bicyclic) bond motifs is 1. The fourth-order valence-corrected chi connectivity index (χ4v) is 4.30. The molecule has 23 heavy (non-hydrogen) atoms. The summed E-state index contributed by atoms with van der Waals surface area (Å²) in [5, 5.41) is 9.69. The number of rotatable bonds is 4. The van der Waals surface area contributed by atoms with Gasteiger partial charge in [-0.05, 0) is 25.7 Å². The minimum absolute atomic E-state index is 0.0246. The van der Waals surface area contributed by atoms with E-state index in [1.54, 1.807) is 9.80 Å². The van der Waals surface area contributed by atoms with Gasteiger partial charge in [0.25, 0.3) is 0 Å². The van der Waals surface area contributed by atoms with E-state index in [0.29, 0.717) is 25.9 Å². The van der Waals surface area contributed by atoms with Gasteiger partial charge in [0.2, 0.25) is 21.8 Å². The number of nitrogens with zero attached hydrogens (tertiary/aromatic N) is 2. The quantitative estimate of drug-likeness (QED) is 0.661. The number of carbonyl (C=O) groups excluding carboxylic acids is 2. The monoisotopic (exact) mass is 347 g/mol. The SMILES string of the molecule is CC(=O)N1[C@H]2CCN(C(=O)CNS(C)(=O)=O)C[C@@H]2C[C@]1(C)CO. The highest BCUT2D eigenvalue weighted by molar-refractivity contribution is 7.88. The number of sulfonamides is 1.